The normalized spacial score (nSPS) is 11.2. The van der Waals surface area contributed by atoms with Crippen LogP contribution in [0.15, 0.2) is 41.5 Å². The Morgan fingerprint density at radius 2 is 1.77 bits per heavy atom. The van der Waals surface area contributed by atoms with E-state index in [1.165, 1.54) is 0 Å². The minimum Gasteiger partial charge on any atom is -0.497 e. The van der Waals surface area contributed by atoms with Crippen LogP contribution in [0.2, 0.25) is 10.0 Å². The lowest BCUT2D eigenvalue weighted by atomic mass is 10.1. The number of anilines is 1. The van der Waals surface area contributed by atoms with E-state index in [2.05, 4.69) is 10.5 Å². The Morgan fingerprint density at radius 3 is 2.41 bits per heavy atom. The molecule has 0 unspecified atom stereocenters. The molecule has 0 saturated carbocycles. The summed E-state index contributed by atoms with van der Waals surface area (Å²) in [6, 6.07) is 10.8. The zero-order valence-electron chi connectivity index (χ0n) is 12.5. The van der Waals surface area contributed by atoms with Crippen molar-refractivity contribution in [3.05, 3.63) is 52.0 Å². The van der Waals surface area contributed by atoms with Gasteiger partial charge < -0.3 is 9.47 Å². The highest BCUT2D eigenvalue weighted by molar-refractivity contribution is 6.42. The third-order valence-electron chi connectivity index (χ3n) is 3.07. The molecule has 0 aliphatic heterocycles. The maximum Gasteiger partial charge on any atom is 0.131 e. The summed E-state index contributed by atoms with van der Waals surface area (Å²) in [5, 5.41) is 5.32. The Labute approximate surface area is 139 Å². The van der Waals surface area contributed by atoms with E-state index in [1.807, 2.05) is 25.1 Å². The quantitative estimate of drug-likeness (QED) is 0.626. The number of benzene rings is 2. The molecule has 0 atom stereocenters. The van der Waals surface area contributed by atoms with Gasteiger partial charge in [-0.2, -0.15) is 5.10 Å². The summed E-state index contributed by atoms with van der Waals surface area (Å²) in [5.41, 5.74) is 5.34. The van der Waals surface area contributed by atoms with Crippen LogP contribution in [0, 0.1) is 0 Å². The first-order valence-corrected chi connectivity index (χ1v) is 7.28. The van der Waals surface area contributed by atoms with Gasteiger partial charge in [0.2, 0.25) is 0 Å². The Hall–Kier alpha value is -1.91. The molecular formula is C16H16Cl2N2O2. The SMILES string of the molecule is COc1ccc(/C(C)=N\Nc2ccc(Cl)c(Cl)c2)c(OC)c1. The molecule has 2 aromatic rings. The second-order valence-electron chi connectivity index (χ2n) is 4.50. The lowest BCUT2D eigenvalue weighted by Crippen LogP contribution is -2.03. The molecule has 0 aliphatic rings. The van der Waals surface area contributed by atoms with Gasteiger partial charge in [0.1, 0.15) is 11.5 Å². The van der Waals surface area contributed by atoms with Gasteiger partial charge in [-0.15, -0.1) is 0 Å². The van der Waals surface area contributed by atoms with Gasteiger partial charge in [-0.05, 0) is 37.3 Å². The molecule has 0 aromatic heterocycles. The number of methoxy groups -OCH3 is 2. The summed E-state index contributed by atoms with van der Waals surface area (Å²) in [6.07, 6.45) is 0. The van der Waals surface area contributed by atoms with Crippen LogP contribution in [0.1, 0.15) is 12.5 Å². The maximum atomic E-state index is 5.97. The Bertz CT molecular complexity index is 703. The van der Waals surface area contributed by atoms with Crippen molar-refractivity contribution in [1.82, 2.24) is 0 Å². The number of hydrazone groups is 1. The van der Waals surface area contributed by atoms with Gasteiger partial charge in [0.05, 0.1) is 35.7 Å². The molecule has 22 heavy (non-hydrogen) atoms. The zero-order chi connectivity index (χ0) is 16.1. The predicted molar refractivity (Wildman–Crippen MR) is 91.8 cm³/mol. The molecule has 2 aromatic carbocycles. The molecule has 0 amide bonds. The molecule has 0 fully saturated rings. The molecule has 2 rings (SSSR count). The van der Waals surface area contributed by atoms with Crippen molar-refractivity contribution < 1.29 is 9.47 Å². The molecule has 0 heterocycles. The third-order valence-corrected chi connectivity index (χ3v) is 3.81. The molecular weight excluding hydrogens is 323 g/mol. The van der Waals surface area contributed by atoms with Crippen molar-refractivity contribution in [2.24, 2.45) is 5.10 Å². The van der Waals surface area contributed by atoms with Crippen molar-refractivity contribution >= 4 is 34.6 Å². The number of ether oxygens (including phenoxy) is 2. The van der Waals surface area contributed by atoms with Crippen LogP contribution in [-0.2, 0) is 0 Å². The third kappa shape index (κ3) is 3.84. The number of nitrogens with one attached hydrogen (secondary N) is 1. The number of hydrogen-bond donors (Lipinski definition) is 1. The van der Waals surface area contributed by atoms with E-state index in [0.717, 1.165) is 22.7 Å². The average Bonchev–Trinajstić information content (AvgIpc) is 2.54. The molecule has 0 bridgehead atoms. The predicted octanol–water partition coefficient (Wildman–Crippen LogP) is 4.85. The first-order chi connectivity index (χ1) is 10.5. The Kier molecular flexibility index (Phi) is 5.52. The standard InChI is InChI=1S/C16H16Cl2N2O2/c1-10(13-6-5-12(21-2)9-16(13)22-3)19-20-11-4-7-14(17)15(18)8-11/h4-9,20H,1-3H3/b19-10-. The van der Waals surface area contributed by atoms with Crippen LogP contribution in [-0.4, -0.2) is 19.9 Å². The van der Waals surface area contributed by atoms with Crippen LogP contribution in [0.25, 0.3) is 0 Å². The lowest BCUT2D eigenvalue weighted by molar-refractivity contribution is 0.394. The van der Waals surface area contributed by atoms with Crippen LogP contribution < -0.4 is 14.9 Å². The summed E-state index contributed by atoms with van der Waals surface area (Å²) in [6.45, 7) is 1.88. The fourth-order valence-corrected chi connectivity index (χ4v) is 2.17. The lowest BCUT2D eigenvalue weighted by Gasteiger charge is -2.10. The van der Waals surface area contributed by atoms with Gasteiger partial charge in [0.25, 0.3) is 0 Å². The molecule has 0 radical (unpaired) electrons. The zero-order valence-corrected chi connectivity index (χ0v) is 14.0. The molecule has 1 N–H and O–H groups in total. The Morgan fingerprint density at radius 1 is 1.00 bits per heavy atom. The fourth-order valence-electron chi connectivity index (χ4n) is 1.87. The van der Waals surface area contributed by atoms with Gasteiger partial charge in [0.15, 0.2) is 0 Å². The second-order valence-corrected chi connectivity index (χ2v) is 5.32. The van der Waals surface area contributed by atoms with E-state index in [9.17, 15) is 0 Å². The van der Waals surface area contributed by atoms with Crippen LogP contribution >= 0.6 is 23.2 Å². The van der Waals surface area contributed by atoms with Crippen LogP contribution in [0.5, 0.6) is 11.5 Å². The molecule has 0 spiro atoms. The van der Waals surface area contributed by atoms with Crippen LogP contribution in [0.4, 0.5) is 5.69 Å². The highest BCUT2D eigenvalue weighted by Gasteiger charge is 2.08. The second kappa shape index (κ2) is 7.38. The Balaban J connectivity index is 2.23. The largest absolute Gasteiger partial charge is 0.497 e. The summed E-state index contributed by atoms with van der Waals surface area (Å²) >= 11 is 11.9. The monoisotopic (exact) mass is 338 g/mol. The average molecular weight is 339 g/mol. The number of hydrogen-bond acceptors (Lipinski definition) is 4. The summed E-state index contributed by atoms with van der Waals surface area (Å²) in [4.78, 5) is 0. The van der Waals surface area contributed by atoms with Gasteiger partial charge in [-0.3, -0.25) is 5.43 Å². The van der Waals surface area contributed by atoms with E-state index in [-0.39, 0.29) is 0 Å². The fraction of sp³-hybridized carbons (Fsp3) is 0.188. The van der Waals surface area contributed by atoms with E-state index in [0.29, 0.717) is 15.8 Å². The van der Waals surface area contributed by atoms with E-state index < -0.39 is 0 Å². The van der Waals surface area contributed by atoms with E-state index >= 15 is 0 Å². The van der Waals surface area contributed by atoms with E-state index in [1.54, 1.807) is 32.4 Å². The molecule has 6 heteroatoms. The highest BCUT2D eigenvalue weighted by Crippen LogP contribution is 2.27. The number of nitrogens with zero attached hydrogens (tertiary/aromatic N) is 1. The smallest absolute Gasteiger partial charge is 0.131 e. The van der Waals surface area contributed by atoms with Crippen molar-refractivity contribution in [1.29, 1.82) is 0 Å². The number of halogens is 2. The first kappa shape index (κ1) is 16.5. The summed E-state index contributed by atoms with van der Waals surface area (Å²) in [5.74, 6) is 1.42. The molecule has 0 aliphatic carbocycles. The van der Waals surface area contributed by atoms with E-state index in [4.69, 9.17) is 32.7 Å². The summed E-state index contributed by atoms with van der Waals surface area (Å²) in [7, 11) is 3.22. The molecule has 4 nitrogen and oxygen atoms in total. The van der Waals surface area contributed by atoms with Gasteiger partial charge in [-0.1, -0.05) is 23.2 Å². The van der Waals surface area contributed by atoms with Gasteiger partial charge >= 0.3 is 0 Å². The van der Waals surface area contributed by atoms with Crippen molar-refractivity contribution in [3.8, 4) is 11.5 Å². The van der Waals surface area contributed by atoms with Crippen molar-refractivity contribution in [2.45, 2.75) is 6.92 Å². The minimum atomic E-state index is 0.474. The number of rotatable bonds is 5. The van der Waals surface area contributed by atoms with Crippen molar-refractivity contribution in [2.75, 3.05) is 19.6 Å². The van der Waals surface area contributed by atoms with Gasteiger partial charge in [0, 0.05) is 11.6 Å². The highest BCUT2D eigenvalue weighted by atomic mass is 35.5. The van der Waals surface area contributed by atoms with Crippen molar-refractivity contribution in [3.63, 3.8) is 0 Å². The van der Waals surface area contributed by atoms with Gasteiger partial charge in [-0.25, -0.2) is 0 Å². The van der Waals surface area contributed by atoms with Crippen LogP contribution in [0.3, 0.4) is 0 Å². The minimum absolute atomic E-state index is 0.474. The summed E-state index contributed by atoms with van der Waals surface area (Å²) < 4.78 is 10.6. The first-order valence-electron chi connectivity index (χ1n) is 6.53. The topological polar surface area (TPSA) is 42.8 Å². The molecule has 116 valence electrons. The maximum absolute atomic E-state index is 5.97. The molecule has 0 saturated heterocycles.